The molecule has 11 nitrogen and oxygen atoms in total. The summed E-state index contributed by atoms with van der Waals surface area (Å²) >= 11 is 0. The minimum atomic E-state index is -0.581. The van der Waals surface area contributed by atoms with E-state index < -0.39 is 27.9 Å². The van der Waals surface area contributed by atoms with Crippen LogP contribution in [0, 0.1) is 27.6 Å². The molecular weight excluding hydrogens is 681 g/mol. The van der Waals surface area contributed by atoms with Crippen molar-refractivity contribution in [1.82, 2.24) is 20.1 Å². The normalized spacial score (nSPS) is 27.1. The number of hydrogen-bond donors (Lipinski definition) is 2. The van der Waals surface area contributed by atoms with Crippen molar-refractivity contribution >= 4 is 40.3 Å². The Labute approximate surface area is 316 Å². The maximum atomic E-state index is 14.1. The number of ether oxygens (including phenoxy) is 1. The monoisotopic (exact) mass is 730 g/mol. The summed E-state index contributed by atoms with van der Waals surface area (Å²) in [6.45, 7) is 15.8. The van der Waals surface area contributed by atoms with Crippen LogP contribution < -0.4 is 10.2 Å². The smallest absolute Gasteiger partial charge is 0.407 e. The van der Waals surface area contributed by atoms with E-state index in [0.29, 0.717) is 69.7 Å². The lowest BCUT2D eigenvalue weighted by Gasteiger charge is -2.69. The summed E-state index contributed by atoms with van der Waals surface area (Å²) in [6.07, 6.45) is 4.19. The second-order valence-corrected chi connectivity index (χ2v) is 18.7. The van der Waals surface area contributed by atoms with Gasteiger partial charge in [0.15, 0.2) is 5.78 Å². The number of aromatic nitrogens is 1. The first-order valence-electron chi connectivity index (χ1n) is 19.6. The highest BCUT2D eigenvalue weighted by atomic mass is 16.6. The summed E-state index contributed by atoms with van der Waals surface area (Å²) in [4.78, 5) is 64.4. The molecule has 7 aliphatic rings. The van der Waals surface area contributed by atoms with E-state index in [2.05, 4.69) is 54.2 Å². The minimum Gasteiger partial charge on any atom is -0.444 e. The number of rotatable bonds is 5. The van der Waals surface area contributed by atoms with Crippen molar-refractivity contribution in [1.29, 1.82) is 5.26 Å². The van der Waals surface area contributed by atoms with Gasteiger partial charge in [-0.05, 0) is 94.7 Å². The van der Waals surface area contributed by atoms with E-state index in [1.807, 2.05) is 42.7 Å². The van der Waals surface area contributed by atoms with Crippen molar-refractivity contribution in [3.05, 3.63) is 63.8 Å². The largest absolute Gasteiger partial charge is 0.444 e. The van der Waals surface area contributed by atoms with E-state index >= 15 is 0 Å². The van der Waals surface area contributed by atoms with Crippen molar-refractivity contribution < 1.29 is 23.9 Å². The zero-order chi connectivity index (χ0) is 38.2. The van der Waals surface area contributed by atoms with Gasteiger partial charge in [-0.3, -0.25) is 14.4 Å². The third kappa shape index (κ3) is 5.04. The highest BCUT2D eigenvalue weighted by Crippen LogP contribution is 2.74. The molecule has 3 heterocycles. The maximum Gasteiger partial charge on any atom is 0.407 e. The van der Waals surface area contributed by atoms with Crippen LogP contribution in [0.2, 0.25) is 0 Å². The van der Waals surface area contributed by atoms with Crippen LogP contribution in [0.25, 0.3) is 10.9 Å². The molecule has 0 radical (unpaired) electrons. The maximum absolute atomic E-state index is 14.1. The summed E-state index contributed by atoms with van der Waals surface area (Å²) < 4.78 is 5.51. The van der Waals surface area contributed by atoms with Crippen molar-refractivity contribution in [2.24, 2.45) is 16.2 Å². The molecule has 2 bridgehead atoms. The molecule has 10 rings (SSSR count). The molecular formula is C43H50N6O5. The van der Waals surface area contributed by atoms with E-state index in [1.54, 1.807) is 6.07 Å². The highest BCUT2D eigenvalue weighted by Gasteiger charge is 2.76. The SMILES string of the molecule is CCc1cc2c(cc1N1CCN(C(=O)C34CC(C(=O)N5C[C@H](NC(=O)OC(C)(C)C)C6(CC6)C5)(C3)C4)CC1)C(C)(C)c1[nH]c3cc(C#N)ccc3c1C2=O. The molecule has 2 aromatic carbocycles. The fourth-order valence-electron chi connectivity index (χ4n) is 10.7. The molecule has 3 amide bonds. The Bertz CT molecular complexity index is 2190. The van der Waals surface area contributed by atoms with E-state index in [1.165, 1.54) is 0 Å². The first-order chi connectivity index (χ1) is 25.5. The molecule has 1 atom stereocenters. The molecule has 5 aliphatic carbocycles. The number of nitrogens with zero attached hydrogens (tertiary/aromatic N) is 4. The quantitative estimate of drug-likeness (QED) is 0.338. The zero-order valence-electron chi connectivity index (χ0n) is 32.3. The fraction of sp³-hybridized carbons (Fsp3) is 0.558. The number of aromatic amines is 1. The first-order valence-corrected chi connectivity index (χ1v) is 19.6. The van der Waals surface area contributed by atoms with Gasteiger partial charge in [-0.25, -0.2) is 4.79 Å². The number of carbonyl (C=O) groups is 4. The van der Waals surface area contributed by atoms with Gasteiger partial charge in [-0.15, -0.1) is 0 Å². The average Bonchev–Trinajstić information content (AvgIpc) is 3.64. The number of aryl methyl sites for hydroxylation is 1. The number of likely N-dealkylation sites (tertiary alicyclic amines) is 1. The van der Waals surface area contributed by atoms with Crippen molar-refractivity contribution in [2.75, 3.05) is 44.2 Å². The fourth-order valence-corrected chi connectivity index (χ4v) is 10.7. The van der Waals surface area contributed by atoms with Crippen LogP contribution in [-0.4, -0.2) is 89.4 Å². The van der Waals surface area contributed by atoms with E-state index in [-0.39, 0.29) is 29.1 Å². The van der Waals surface area contributed by atoms with E-state index in [4.69, 9.17) is 4.74 Å². The molecule has 0 unspecified atom stereocenters. The molecule has 2 saturated heterocycles. The van der Waals surface area contributed by atoms with Crippen LogP contribution in [0.1, 0.15) is 112 Å². The summed E-state index contributed by atoms with van der Waals surface area (Å²) in [7, 11) is 0. The Balaban J connectivity index is 0.855. The summed E-state index contributed by atoms with van der Waals surface area (Å²) in [5, 5.41) is 13.4. The predicted molar refractivity (Wildman–Crippen MR) is 203 cm³/mol. The third-order valence-corrected chi connectivity index (χ3v) is 13.7. The van der Waals surface area contributed by atoms with Crippen LogP contribution in [0.15, 0.2) is 30.3 Å². The molecule has 2 N–H and O–H groups in total. The Morgan fingerprint density at radius 1 is 0.981 bits per heavy atom. The van der Waals surface area contributed by atoms with Crippen LogP contribution in [-0.2, 0) is 26.2 Å². The second kappa shape index (κ2) is 11.3. The van der Waals surface area contributed by atoms with Gasteiger partial charge >= 0.3 is 6.09 Å². The van der Waals surface area contributed by atoms with Crippen molar-refractivity contribution in [2.45, 2.75) is 97.1 Å². The zero-order valence-corrected chi connectivity index (χ0v) is 32.3. The van der Waals surface area contributed by atoms with Gasteiger partial charge in [0.25, 0.3) is 0 Å². The number of ketones is 1. The predicted octanol–water partition coefficient (Wildman–Crippen LogP) is 5.81. The van der Waals surface area contributed by atoms with Crippen molar-refractivity contribution in [3.8, 4) is 6.07 Å². The summed E-state index contributed by atoms with van der Waals surface area (Å²) in [5.74, 6) is 0.338. The highest BCUT2D eigenvalue weighted by molar-refractivity contribution is 6.20. The average molecular weight is 731 g/mol. The minimum absolute atomic E-state index is 0.0100. The lowest BCUT2D eigenvalue weighted by molar-refractivity contribution is -0.221. The lowest BCUT2D eigenvalue weighted by Crippen LogP contribution is -2.73. The van der Waals surface area contributed by atoms with Gasteiger partial charge in [-0.1, -0.05) is 26.8 Å². The number of nitriles is 1. The van der Waals surface area contributed by atoms with Crippen LogP contribution >= 0.6 is 0 Å². The number of piperazine rings is 1. The molecule has 1 aromatic heterocycles. The van der Waals surface area contributed by atoms with E-state index in [0.717, 1.165) is 58.2 Å². The Hall–Kier alpha value is -4.85. The number of hydrogen-bond acceptors (Lipinski definition) is 7. The molecule has 6 fully saturated rings. The van der Waals surface area contributed by atoms with Gasteiger partial charge < -0.3 is 29.7 Å². The molecule has 11 heteroatoms. The second-order valence-electron chi connectivity index (χ2n) is 18.7. The number of H-pyrrole nitrogens is 1. The third-order valence-electron chi connectivity index (χ3n) is 13.7. The van der Waals surface area contributed by atoms with Gasteiger partial charge in [0.05, 0.1) is 34.1 Å². The number of carbonyl (C=O) groups excluding carboxylic acids is 4. The van der Waals surface area contributed by atoms with Crippen LogP contribution in [0.3, 0.4) is 0 Å². The molecule has 54 heavy (non-hydrogen) atoms. The number of anilines is 1. The van der Waals surface area contributed by atoms with Gasteiger partial charge in [-0.2, -0.15) is 5.26 Å². The lowest BCUT2D eigenvalue weighted by atomic mass is 9.34. The van der Waals surface area contributed by atoms with Crippen molar-refractivity contribution in [3.63, 3.8) is 0 Å². The molecule has 1 spiro atoms. The standard InChI is InChI=1S/C43H50N6O5/c1-7-26-17-28-29(40(5,6)35-33(34(28)50)27-9-8-25(19-44)16-30(27)45-35)18-31(26)47-12-14-48(15-13-47)36(51)42-21-43(22-42,23-42)37(52)49-20-32(41(24-49)10-11-41)46-38(53)54-39(2,3)4/h8-9,16-18,32,45H,7,10-15,20-24H2,1-6H3,(H,46,53)/t32-,42?,43?/m0/s1. The molecule has 282 valence electrons. The van der Waals surface area contributed by atoms with Crippen LogP contribution in [0.5, 0.6) is 0 Å². The summed E-state index contributed by atoms with van der Waals surface area (Å²) in [5.41, 5.74) is 4.89. The molecule has 3 aromatic rings. The van der Waals surface area contributed by atoms with Gasteiger partial charge in [0.2, 0.25) is 11.8 Å². The number of fused-ring (bicyclic) bond motifs is 4. The number of alkyl carbamates (subject to hydrolysis) is 1. The number of amides is 3. The molecule has 2 aliphatic heterocycles. The Morgan fingerprint density at radius 3 is 2.26 bits per heavy atom. The topological polar surface area (TPSA) is 139 Å². The first kappa shape index (κ1) is 34.9. The number of benzene rings is 2. The molecule has 4 saturated carbocycles. The van der Waals surface area contributed by atoms with Gasteiger partial charge in [0, 0.05) is 77.9 Å². The summed E-state index contributed by atoms with van der Waals surface area (Å²) in [6, 6.07) is 11.8. The Kier molecular flexibility index (Phi) is 7.33. The van der Waals surface area contributed by atoms with Crippen LogP contribution in [0.4, 0.5) is 10.5 Å². The van der Waals surface area contributed by atoms with Gasteiger partial charge in [0.1, 0.15) is 5.60 Å². The Morgan fingerprint density at radius 2 is 1.65 bits per heavy atom. The number of nitrogens with one attached hydrogen (secondary N) is 2. The van der Waals surface area contributed by atoms with E-state index in [9.17, 15) is 24.4 Å².